The van der Waals surface area contributed by atoms with Gasteiger partial charge in [-0.05, 0) is 12.5 Å². The number of thiol groups is 1. The third-order valence-corrected chi connectivity index (χ3v) is 3.90. The lowest BCUT2D eigenvalue weighted by Gasteiger charge is -2.15. The smallest absolute Gasteiger partial charge is 0.235 e. The maximum absolute atomic E-state index is 5.28. The summed E-state index contributed by atoms with van der Waals surface area (Å²) in [5.41, 5.74) is 0. The highest BCUT2D eigenvalue weighted by atomic mass is 32.3. The van der Waals surface area contributed by atoms with E-state index in [0.717, 1.165) is 6.61 Å². The molecule has 0 amide bonds. The van der Waals surface area contributed by atoms with Crippen LogP contribution in [0.5, 0.6) is 0 Å². The molecule has 0 spiro atoms. The van der Waals surface area contributed by atoms with Gasteiger partial charge in [0.1, 0.15) is 0 Å². The van der Waals surface area contributed by atoms with Crippen molar-refractivity contribution < 1.29 is 4.43 Å². The van der Waals surface area contributed by atoms with Crippen LogP contribution >= 0.6 is 12.1 Å². The Morgan fingerprint density at radius 2 is 2.29 bits per heavy atom. The SMILES string of the molecule is S[SiH]1CCCCO1. The number of rotatable bonds is 0. The van der Waals surface area contributed by atoms with Crippen molar-refractivity contribution in [2.24, 2.45) is 0 Å². The third kappa shape index (κ3) is 1.84. The van der Waals surface area contributed by atoms with Crippen LogP contribution in [0.1, 0.15) is 12.8 Å². The average molecular weight is 134 g/mol. The first-order valence-electron chi connectivity index (χ1n) is 2.69. The zero-order valence-corrected chi connectivity index (χ0v) is 6.31. The molecule has 1 aliphatic rings. The highest BCUT2D eigenvalue weighted by molar-refractivity contribution is 8.09. The topological polar surface area (TPSA) is 9.23 Å². The molecule has 1 aliphatic heterocycles. The summed E-state index contributed by atoms with van der Waals surface area (Å²) in [6.45, 7) is 0.973. The summed E-state index contributed by atoms with van der Waals surface area (Å²) in [5, 5.41) is 0. The number of hydrogen-bond donors (Lipinski definition) is 1. The van der Waals surface area contributed by atoms with Crippen LogP contribution in [0.2, 0.25) is 6.04 Å². The first-order chi connectivity index (χ1) is 3.39. The van der Waals surface area contributed by atoms with Crippen LogP contribution in [-0.4, -0.2) is 14.8 Å². The van der Waals surface area contributed by atoms with E-state index in [1.165, 1.54) is 18.9 Å². The van der Waals surface area contributed by atoms with Crippen molar-refractivity contribution in [2.45, 2.75) is 18.9 Å². The van der Waals surface area contributed by atoms with E-state index in [1.807, 2.05) is 0 Å². The van der Waals surface area contributed by atoms with Gasteiger partial charge >= 0.3 is 0 Å². The molecule has 7 heavy (non-hydrogen) atoms. The van der Waals surface area contributed by atoms with Crippen molar-refractivity contribution in [2.75, 3.05) is 6.61 Å². The largest absolute Gasteiger partial charge is 0.410 e. The summed E-state index contributed by atoms with van der Waals surface area (Å²) in [7, 11) is -0.900. The minimum absolute atomic E-state index is 0.900. The molecule has 0 N–H and O–H groups in total. The van der Waals surface area contributed by atoms with E-state index >= 15 is 0 Å². The van der Waals surface area contributed by atoms with Gasteiger partial charge in [0.2, 0.25) is 8.19 Å². The lowest BCUT2D eigenvalue weighted by molar-refractivity contribution is 0.300. The molecule has 1 unspecified atom stereocenters. The van der Waals surface area contributed by atoms with Gasteiger partial charge in [-0.15, -0.1) is 0 Å². The van der Waals surface area contributed by atoms with Crippen molar-refractivity contribution in [3.8, 4) is 0 Å². The van der Waals surface area contributed by atoms with Gasteiger partial charge < -0.3 is 4.43 Å². The molecule has 42 valence electrons. The summed E-state index contributed by atoms with van der Waals surface area (Å²) < 4.78 is 5.28. The molecule has 1 heterocycles. The zero-order valence-electron chi connectivity index (χ0n) is 4.26. The van der Waals surface area contributed by atoms with E-state index in [0.29, 0.717) is 0 Å². The Morgan fingerprint density at radius 3 is 2.57 bits per heavy atom. The maximum atomic E-state index is 5.28. The fourth-order valence-corrected chi connectivity index (χ4v) is 2.83. The van der Waals surface area contributed by atoms with Crippen LogP contribution in [-0.2, 0) is 4.43 Å². The molecular formula is C4H10OSSi. The summed E-state index contributed by atoms with van der Waals surface area (Å²) in [6.07, 6.45) is 2.60. The van der Waals surface area contributed by atoms with Crippen LogP contribution in [0.4, 0.5) is 0 Å². The molecule has 0 aromatic carbocycles. The molecule has 0 bridgehead atoms. The lowest BCUT2D eigenvalue weighted by Crippen LogP contribution is -2.16. The van der Waals surface area contributed by atoms with Crippen molar-refractivity contribution in [3.63, 3.8) is 0 Å². The van der Waals surface area contributed by atoms with Gasteiger partial charge in [-0.3, -0.25) is 0 Å². The molecule has 1 atom stereocenters. The first kappa shape index (κ1) is 5.66. The molecule has 3 heteroatoms. The van der Waals surface area contributed by atoms with E-state index in [1.54, 1.807) is 0 Å². The second-order valence-electron chi connectivity index (χ2n) is 1.82. The van der Waals surface area contributed by atoms with Crippen molar-refractivity contribution in [1.29, 1.82) is 0 Å². The van der Waals surface area contributed by atoms with Crippen molar-refractivity contribution >= 4 is 20.3 Å². The Balaban J connectivity index is 2.12. The second-order valence-corrected chi connectivity index (χ2v) is 5.37. The van der Waals surface area contributed by atoms with E-state index in [4.69, 9.17) is 4.43 Å². The highest BCUT2D eigenvalue weighted by Crippen LogP contribution is 2.11. The quantitative estimate of drug-likeness (QED) is 0.383. The standard InChI is InChI=1S/C4H10OSSi/c6-7-4-2-1-3-5-7/h6-7H,1-4H2. The summed E-state index contributed by atoms with van der Waals surface area (Å²) in [4.78, 5) is 0. The van der Waals surface area contributed by atoms with Crippen molar-refractivity contribution in [3.05, 3.63) is 0 Å². The molecule has 0 aromatic heterocycles. The van der Waals surface area contributed by atoms with E-state index in [9.17, 15) is 0 Å². The Morgan fingerprint density at radius 1 is 1.43 bits per heavy atom. The van der Waals surface area contributed by atoms with Gasteiger partial charge in [0.25, 0.3) is 0 Å². The maximum Gasteiger partial charge on any atom is 0.235 e. The highest BCUT2D eigenvalue weighted by Gasteiger charge is 2.09. The van der Waals surface area contributed by atoms with E-state index < -0.39 is 8.19 Å². The minimum Gasteiger partial charge on any atom is -0.410 e. The molecule has 1 nitrogen and oxygen atoms in total. The Bertz CT molecular complexity index is 53.7. The fourth-order valence-electron chi connectivity index (χ4n) is 0.724. The van der Waals surface area contributed by atoms with Crippen LogP contribution in [0.3, 0.4) is 0 Å². The van der Waals surface area contributed by atoms with Gasteiger partial charge in [0, 0.05) is 6.61 Å². The molecule has 0 aromatic rings. The predicted molar refractivity (Wildman–Crippen MR) is 36.1 cm³/mol. The Kier molecular flexibility index (Phi) is 2.22. The fraction of sp³-hybridized carbons (Fsp3) is 1.00. The monoisotopic (exact) mass is 134 g/mol. The van der Waals surface area contributed by atoms with Crippen LogP contribution in [0.25, 0.3) is 0 Å². The van der Waals surface area contributed by atoms with E-state index in [-0.39, 0.29) is 0 Å². The summed E-state index contributed by atoms with van der Waals surface area (Å²) >= 11 is 4.28. The molecule has 1 saturated heterocycles. The zero-order chi connectivity index (χ0) is 5.11. The van der Waals surface area contributed by atoms with E-state index in [2.05, 4.69) is 12.1 Å². The van der Waals surface area contributed by atoms with Crippen LogP contribution < -0.4 is 0 Å². The minimum atomic E-state index is -0.900. The third-order valence-electron chi connectivity index (χ3n) is 1.16. The molecule has 1 rings (SSSR count). The van der Waals surface area contributed by atoms with Gasteiger partial charge in [-0.1, -0.05) is 6.42 Å². The predicted octanol–water partition coefficient (Wildman–Crippen LogP) is 0.947. The van der Waals surface area contributed by atoms with Crippen LogP contribution in [0, 0.1) is 0 Å². The normalized spacial score (nSPS) is 33.0. The average Bonchev–Trinajstić information content (AvgIpc) is 1.69. The summed E-state index contributed by atoms with van der Waals surface area (Å²) in [5.74, 6) is 0. The number of hydrogen-bond acceptors (Lipinski definition) is 2. The first-order valence-corrected chi connectivity index (χ1v) is 6.04. The van der Waals surface area contributed by atoms with Gasteiger partial charge in [-0.2, -0.15) is 12.1 Å². The molecule has 1 fully saturated rings. The molecular weight excluding hydrogens is 124 g/mol. The molecule has 0 aliphatic carbocycles. The molecule has 0 radical (unpaired) electrons. The Labute approximate surface area is 50.8 Å². The van der Waals surface area contributed by atoms with Crippen LogP contribution in [0.15, 0.2) is 0 Å². The lowest BCUT2D eigenvalue weighted by atomic mass is 10.4. The van der Waals surface area contributed by atoms with Gasteiger partial charge in [0.15, 0.2) is 0 Å². The van der Waals surface area contributed by atoms with Crippen molar-refractivity contribution in [1.82, 2.24) is 0 Å². The summed E-state index contributed by atoms with van der Waals surface area (Å²) in [6, 6.07) is 1.27. The van der Waals surface area contributed by atoms with Gasteiger partial charge in [0.05, 0.1) is 0 Å². The molecule has 0 saturated carbocycles. The Hall–Kier alpha value is 0.527. The second kappa shape index (κ2) is 2.74. The van der Waals surface area contributed by atoms with Gasteiger partial charge in [-0.25, -0.2) is 0 Å².